The van der Waals surface area contributed by atoms with Crippen molar-refractivity contribution in [2.75, 3.05) is 26.7 Å². The van der Waals surface area contributed by atoms with Crippen LogP contribution in [0, 0.1) is 0 Å². The van der Waals surface area contributed by atoms with Crippen molar-refractivity contribution >= 4 is 11.6 Å². The van der Waals surface area contributed by atoms with Gasteiger partial charge in [0.15, 0.2) is 0 Å². The van der Waals surface area contributed by atoms with Gasteiger partial charge in [-0.05, 0) is 32.2 Å². The minimum atomic E-state index is 0.0648. The minimum Gasteiger partial charge on any atom is -0.489 e. The molecular formula is C12H18ClNO2. The summed E-state index contributed by atoms with van der Waals surface area (Å²) in [6.45, 7) is 3.59. The van der Waals surface area contributed by atoms with Crippen molar-refractivity contribution < 1.29 is 9.84 Å². The standard InChI is InChI=1S/C12H18ClNO2/c1-10(9-14(2)6-7-15)16-12-5-3-4-11(13)8-12/h3-5,8,10,15H,6-7,9H2,1-2H3. The Balaban J connectivity index is 2.42. The van der Waals surface area contributed by atoms with Crippen LogP contribution >= 0.6 is 11.6 Å². The fraction of sp³-hybridized carbons (Fsp3) is 0.500. The summed E-state index contributed by atoms with van der Waals surface area (Å²) < 4.78 is 5.70. The van der Waals surface area contributed by atoms with E-state index in [9.17, 15) is 0 Å². The first-order valence-electron chi connectivity index (χ1n) is 5.33. The second-order valence-corrected chi connectivity index (χ2v) is 4.31. The van der Waals surface area contributed by atoms with E-state index in [-0.39, 0.29) is 12.7 Å². The van der Waals surface area contributed by atoms with E-state index in [0.717, 1.165) is 12.3 Å². The van der Waals surface area contributed by atoms with E-state index in [4.69, 9.17) is 21.4 Å². The number of hydrogen-bond donors (Lipinski definition) is 1. The van der Waals surface area contributed by atoms with Crippen molar-refractivity contribution in [2.45, 2.75) is 13.0 Å². The molecule has 0 radical (unpaired) electrons. The third-order valence-corrected chi connectivity index (χ3v) is 2.42. The van der Waals surface area contributed by atoms with Crippen molar-refractivity contribution in [1.29, 1.82) is 0 Å². The molecule has 4 heteroatoms. The summed E-state index contributed by atoms with van der Waals surface area (Å²) in [5.74, 6) is 0.775. The van der Waals surface area contributed by atoms with Gasteiger partial charge in [-0.3, -0.25) is 0 Å². The largest absolute Gasteiger partial charge is 0.489 e. The average molecular weight is 244 g/mol. The van der Waals surface area contributed by atoms with Gasteiger partial charge in [-0.2, -0.15) is 0 Å². The third-order valence-electron chi connectivity index (χ3n) is 2.18. The molecule has 0 aromatic heterocycles. The molecule has 0 aliphatic rings. The highest BCUT2D eigenvalue weighted by atomic mass is 35.5. The predicted molar refractivity (Wildman–Crippen MR) is 66.1 cm³/mol. The van der Waals surface area contributed by atoms with Crippen molar-refractivity contribution in [1.82, 2.24) is 4.90 Å². The molecule has 0 spiro atoms. The maximum atomic E-state index is 8.78. The van der Waals surface area contributed by atoms with Crippen LogP contribution in [0.3, 0.4) is 0 Å². The highest BCUT2D eigenvalue weighted by Crippen LogP contribution is 2.18. The predicted octanol–water partition coefficient (Wildman–Crippen LogP) is 2.03. The molecule has 0 bridgehead atoms. The molecule has 1 aromatic rings. The molecule has 1 N–H and O–H groups in total. The summed E-state index contributed by atoms with van der Waals surface area (Å²) >= 11 is 5.86. The number of nitrogens with zero attached hydrogens (tertiary/aromatic N) is 1. The van der Waals surface area contributed by atoms with E-state index >= 15 is 0 Å². The van der Waals surface area contributed by atoms with E-state index in [1.165, 1.54) is 0 Å². The normalized spacial score (nSPS) is 12.8. The van der Waals surface area contributed by atoms with Gasteiger partial charge < -0.3 is 14.7 Å². The number of rotatable bonds is 6. The van der Waals surface area contributed by atoms with Crippen molar-refractivity contribution in [3.8, 4) is 5.75 Å². The van der Waals surface area contributed by atoms with Gasteiger partial charge in [0.05, 0.1) is 6.61 Å². The molecule has 1 unspecified atom stereocenters. The molecule has 0 saturated carbocycles. The summed E-state index contributed by atoms with van der Waals surface area (Å²) in [5, 5.41) is 9.45. The van der Waals surface area contributed by atoms with E-state index in [1.54, 1.807) is 6.07 Å². The molecule has 1 aromatic carbocycles. The van der Waals surface area contributed by atoms with E-state index < -0.39 is 0 Å². The molecule has 0 saturated heterocycles. The van der Waals surface area contributed by atoms with Crippen LogP contribution < -0.4 is 4.74 Å². The fourth-order valence-corrected chi connectivity index (χ4v) is 1.69. The van der Waals surface area contributed by atoms with E-state index in [0.29, 0.717) is 11.6 Å². The molecule has 1 rings (SSSR count). The van der Waals surface area contributed by atoms with E-state index in [2.05, 4.69) is 0 Å². The Morgan fingerprint density at radius 3 is 2.88 bits per heavy atom. The minimum absolute atomic E-state index is 0.0648. The van der Waals surface area contributed by atoms with Gasteiger partial charge in [-0.1, -0.05) is 17.7 Å². The van der Waals surface area contributed by atoms with Crippen LogP contribution in [0.25, 0.3) is 0 Å². The molecule has 0 fully saturated rings. The molecule has 16 heavy (non-hydrogen) atoms. The number of aliphatic hydroxyl groups is 1. The second kappa shape index (κ2) is 6.74. The molecule has 0 heterocycles. The zero-order chi connectivity index (χ0) is 12.0. The number of halogens is 1. The Labute approximate surface area is 102 Å². The first kappa shape index (κ1) is 13.3. The number of hydrogen-bond acceptors (Lipinski definition) is 3. The lowest BCUT2D eigenvalue weighted by Crippen LogP contribution is -2.32. The molecular weight excluding hydrogens is 226 g/mol. The summed E-state index contributed by atoms with van der Waals surface area (Å²) in [5.41, 5.74) is 0. The zero-order valence-electron chi connectivity index (χ0n) is 9.69. The van der Waals surface area contributed by atoms with Gasteiger partial charge in [0, 0.05) is 18.1 Å². The quantitative estimate of drug-likeness (QED) is 0.830. The van der Waals surface area contributed by atoms with Gasteiger partial charge in [-0.15, -0.1) is 0 Å². The number of benzene rings is 1. The first-order valence-corrected chi connectivity index (χ1v) is 5.71. The van der Waals surface area contributed by atoms with Crippen LogP contribution in [0.1, 0.15) is 6.92 Å². The molecule has 0 aliphatic heterocycles. The van der Waals surface area contributed by atoms with Crippen molar-refractivity contribution in [2.24, 2.45) is 0 Å². The summed E-state index contributed by atoms with van der Waals surface area (Å²) in [6, 6.07) is 7.36. The summed E-state index contributed by atoms with van der Waals surface area (Å²) in [7, 11) is 1.95. The van der Waals surface area contributed by atoms with Crippen LogP contribution in [-0.2, 0) is 0 Å². The first-order chi connectivity index (χ1) is 7.61. The Kier molecular flexibility index (Phi) is 5.60. The van der Waals surface area contributed by atoms with Gasteiger partial charge in [0.2, 0.25) is 0 Å². The molecule has 90 valence electrons. The lowest BCUT2D eigenvalue weighted by Gasteiger charge is -2.21. The summed E-state index contributed by atoms with van der Waals surface area (Å²) in [4.78, 5) is 2.02. The number of aliphatic hydroxyl groups excluding tert-OH is 1. The molecule has 0 amide bonds. The van der Waals surface area contributed by atoms with Crippen molar-refractivity contribution in [3.05, 3.63) is 29.3 Å². The monoisotopic (exact) mass is 243 g/mol. The van der Waals surface area contributed by atoms with Crippen LogP contribution in [0.15, 0.2) is 24.3 Å². The number of ether oxygens (including phenoxy) is 1. The lowest BCUT2D eigenvalue weighted by atomic mass is 10.3. The van der Waals surface area contributed by atoms with Gasteiger partial charge in [0.25, 0.3) is 0 Å². The second-order valence-electron chi connectivity index (χ2n) is 3.87. The Bertz CT molecular complexity index is 320. The Morgan fingerprint density at radius 1 is 1.50 bits per heavy atom. The van der Waals surface area contributed by atoms with Gasteiger partial charge >= 0.3 is 0 Å². The lowest BCUT2D eigenvalue weighted by molar-refractivity contribution is 0.144. The van der Waals surface area contributed by atoms with Crippen LogP contribution in [0.5, 0.6) is 5.75 Å². The highest BCUT2D eigenvalue weighted by molar-refractivity contribution is 6.30. The van der Waals surface area contributed by atoms with Crippen molar-refractivity contribution in [3.63, 3.8) is 0 Å². The maximum absolute atomic E-state index is 8.78. The summed E-state index contributed by atoms with van der Waals surface area (Å²) in [6.07, 6.45) is 0.0648. The smallest absolute Gasteiger partial charge is 0.121 e. The highest BCUT2D eigenvalue weighted by Gasteiger charge is 2.07. The van der Waals surface area contributed by atoms with Crippen LogP contribution in [0.4, 0.5) is 0 Å². The maximum Gasteiger partial charge on any atom is 0.121 e. The third kappa shape index (κ3) is 4.84. The molecule has 3 nitrogen and oxygen atoms in total. The molecule has 0 aliphatic carbocycles. The topological polar surface area (TPSA) is 32.7 Å². The Morgan fingerprint density at radius 2 is 2.25 bits per heavy atom. The average Bonchev–Trinajstić information content (AvgIpc) is 2.17. The van der Waals surface area contributed by atoms with Crippen LogP contribution in [-0.4, -0.2) is 42.9 Å². The van der Waals surface area contributed by atoms with Crippen LogP contribution in [0.2, 0.25) is 5.02 Å². The Hall–Kier alpha value is -0.770. The van der Waals surface area contributed by atoms with Gasteiger partial charge in [0.1, 0.15) is 11.9 Å². The fourth-order valence-electron chi connectivity index (χ4n) is 1.51. The zero-order valence-corrected chi connectivity index (χ0v) is 10.4. The molecule has 1 atom stereocenters. The number of likely N-dealkylation sites (N-methyl/N-ethyl adjacent to an activating group) is 1. The van der Waals surface area contributed by atoms with Gasteiger partial charge in [-0.25, -0.2) is 0 Å². The van der Waals surface area contributed by atoms with E-state index in [1.807, 2.05) is 37.1 Å². The SMILES string of the molecule is CC(CN(C)CCO)Oc1cccc(Cl)c1.